The maximum absolute atomic E-state index is 14.1. The molecule has 0 unspecified atom stereocenters. The number of nitrogens with one attached hydrogen (secondary N) is 1. The molecule has 0 aliphatic carbocycles. The smallest absolute Gasteiger partial charge is 0.338 e. The lowest BCUT2D eigenvalue weighted by Crippen LogP contribution is -2.48. The van der Waals surface area contributed by atoms with E-state index in [0.717, 1.165) is 29.2 Å². The second kappa shape index (κ2) is 10.2. The number of hydrogen-bond donors (Lipinski definition) is 2. The van der Waals surface area contributed by atoms with Gasteiger partial charge in [-0.15, -0.1) is 11.3 Å². The van der Waals surface area contributed by atoms with Crippen molar-refractivity contribution in [3.05, 3.63) is 53.2 Å². The van der Waals surface area contributed by atoms with E-state index in [1.54, 1.807) is 12.1 Å². The molecule has 11 nitrogen and oxygen atoms in total. The normalized spacial score (nSPS) is 14.9. The number of anilines is 2. The van der Waals surface area contributed by atoms with E-state index in [4.69, 9.17) is 9.84 Å². The Kier molecular flexibility index (Phi) is 7.41. The molecule has 2 N–H and O–H groups in total. The van der Waals surface area contributed by atoms with Crippen LogP contribution >= 0.6 is 11.3 Å². The SMILES string of the molecule is COc1cc(C(=O)O)c(F)cc1NS(=O)(=O)c1csc(-c2ccc(N3CCN(S(C)(=O)=O)CC3)cc2)n1. The van der Waals surface area contributed by atoms with E-state index in [0.29, 0.717) is 36.8 Å². The first-order chi connectivity index (χ1) is 17.4. The monoisotopic (exact) mass is 570 g/mol. The van der Waals surface area contributed by atoms with E-state index in [9.17, 15) is 26.0 Å². The Balaban J connectivity index is 1.49. The fourth-order valence-electron chi connectivity index (χ4n) is 3.77. The lowest BCUT2D eigenvalue weighted by molar-refractivity contribution is 0.0691. The highest BCUT2D eigenvalue weighted by Gasteiger charge is 2.25. The Morgan fingerprint density at radius 3 is 2.32 bits per heavy atom. The van der Waals surface area contributed by atoms with Crippen LogP contribution in [0.3, 0.4) is 0 Å². The molecule has 0 bridgehead atoms. The largest absolute Gasteiger partial charge is 0.495 e. The Morgan fingerprint density at radius 2 is 1.76 bits per heavy atom. The Morgan fingerprint density at radius 1 is 1.11 bits per heavy atom. The van der Waals surface area contributed by atoms with E-state index in [1.807, 2.05) is 12.1 Å². The second-order valence-corrected chi connectivity index (χ2v) is 12.6. The van der Waals surface area contributed by atoms with Crippen molar-refractivity contribution in [2.45, 2.75) is 5.03 Å². The zero-order valence-electron chi connectivity index (χ0n) is 19.7. The number of halogens is 1. The molecule has 0 saturated carbocycles. The first-order valence-corrected chi connectivity index (χ1v) is 15.0. The number of sulfonamides is 2. The number of methoxy groups -OCH3 is 1. The molecule has 1 aliphatic rings. The summed E-state index contributed by atoms with van der Waals surface area (Å²) in [6.07, 6.45) is 1.19. The van der Waals surface area contributed by atoms with Crippen LogP contribution in [-0.2, 0) is 20.0 Å². The number of carboxylic acid groups (broad SMARTS) is 1. The minimum atomic E-state index is -4.23. The standard InChI is InChI=1S/C22H23FN4O7S3/c1-34-19-11-16(22(28)29)17(23)12-18(19)25-37(32,33)20-13-35-21(24-20)14-3-5-15(6-4-14)26-7-9-27(10-8-26)36(2,30)31/h3-6,11-13,25H,7-10H2,1-2H3,(H,28,29). The van der Waals surface area contributed by atoms with Gasteiger partial charge in [-0.1, -0.05) is 0 Å². The van der Waals surface area contributed by atoms with E-state index in [2.05, 4.69) is 14.6 Å². The van der Waals surface area contributed by atoms with Crippen LogP contribution in [0.1, 0.15) is 10.4 Å². The summed E-state index contributed by atoms with van der Waals surface area (Å²) in [7, 11) is -6.25. The molecular weight excluding hydrogens is 547 g/mol. The number of nitrogens with zero attached hydrogens (tertiary/aromatic N) is 3. The Bertz CT molecular complexity index is 1530. The molecule has 1 aliphatic heterocycles. The van der Waals surface area contributed by atoms with Crippen molar-refractivity contribution < 1.29 is 35.9 Å². The van der Waals surface area contributed by atoms with Gasteiger partial charge in [0, 0.05) is 48.9 Å². The van der Waals surface area contributed by atoms with Crippen LogP contribution in [0.4, 0.5) is 15.8 Å². The number of aromatic carboxylic acids is 1. The quantitative estimate of drug-likeness (QED) is 0.417. The summed E-state index contributed by atoms with van der Waals surface area (Å²) in [4.78, 5) is 17.4. The number of aromatic nitrogens is 1. The van der Waals surface area contributed by atoms with E-state index < -0.39 is 37.4 Å². The van der Waals surface area contributed by atoms with Crippen LogP contribution in [-0.4, -0.2) is 76.7 Å². The highest BCUT2D eigenvalue weighted by atomic mass is 32.2. The highest BCUT2D eigenvalue weighted by Crippen LogP contribution is 2.32. The van der Waals surface area contributed by atoms with Gasteiger partial charge in [-0.2, -0.15) is 12.7 Å². The molecule has 0 radical (unpaired) electrons. The molecule has 37 heavy (non-hydrogen) atoms. The van der Waals surface area contributed by atoms with Crippen molar-refractivity contribution in [3.8, 4) is 16.3 Å². The van der Waals surface area contributed by atoms with Crippen LogP contribution in [0.25, 0.3) is 10.6 Å². The molecule has 0 amide bonds. The topological polar surface area (TPSA) is 146 Å². The zero-order chi connectivity index (χ0) is 27.0. The highest BCUT2D eigenvalue weighted by molar-refractivity contribution is 7.92. The summed E-state index contributed by atoms with van der Waals surface area (Å²) in [5.41, 5.74) is 0.664. The fourth-order valence-corrected chi connectivity index (χ4v) is 6.76. The van der Waals surface area contributed by atoms with Gasteiger partial charge in [0.25, 0.3) is 10.0 Å². The summed E-state index contributed by atoms with van der Waals surface area (Å²) in [5.74, 6) is -2.80. The minimum absolute atomic E-state index is 0.161. The number of carboxylic acids is 1. The van der Waals surface area contributed by atoms with Crippen molar-refractivity contribution in [1.82, 2.24) is 9.29 Å². The van der Waals surface area contributed by atoms with Crippen molar-refractivity contribution in [1.29, 1.82) is 0 Å². The van der Waals surface area contributed by atoms with E-state index in [-0.39, 0.29) is 16.5 Å². The Labute approximate surface area is 217 Å². The molecule has 1 aromatic heterocycles. The number of benzene rings is 2. The number of thiazole rings is 1. The van der Waals surface area contributed by atoms with Gasteiger partial charge in [-0.05, 0) is 30.3 Å². The van der Waals surface area contributed by atoms with Gasteiger partial charge in [0.1, 0.15) is 16.6 Å². The predicted octanol–water partition coefficient (Wildman–Crippen LogP) is 2.54. The van der Waals surface area contributed by atoms with Crippen molar-refractivity contribution in [2.24, 2.45) is 0 Å². The number of hydrogen-bond acceptors (Lipinski definition) is 9. The van der Waals surface area contributed by atoms with Crippen LogP contribution in [0.15, 0.2) is 46.8 Å². The Hall–Kier alpha value is -3.27. The molecule has 2 heterocycles. The lowest BCUT2D eigenvalue weighted by Gasteiger charge is -2.34. The molecule has 15 heteroatoms. The summed E-state index contributed by atoms with van der Waals surface area (Å²) in [6, 6.07) is 8.94. The first kappa shape index (κ1) is 26.8. The summed E-state index contributed by atoms with van der Waals surface area (Å²) in [6.45, 7) is 1.90. The second-order valence-electron chi connectivity index (χ2n) is 8.13. The predicted molar refractivity (Wildman–Crippen MR) is 137 cm³/mol. The van der Waals surface area contributed by atoms with E-state index in [1.165, 1.54) is 23.1 Å². The third-order valence-corrected chi connectivity index (χ3v) is 9.30. The molecule has 1 fully saturated rings. The molecule has 1 saturated heterocycles. The maximum atomic E-state index is 14.1. The van der Waals surface area contributed by atoms with Gasteiger partial charge in [0.15, 0.2) is 5.03 Å². The average molecular weight is 571 g/mol. The molecule has 0 atom stereocenters. The van der Waals surface area contributed by atoms with Gasteiger partial charge >= 0.3 is 5.97 Å². The maximum Gasteiger partial charge on any atom is 0.338 e. The third-order valence-electron chi connectivity index (χ3n) is 5.71. The molecule has 4 rings (SSSR count). The number of ether oxygens (including phenoxy) is 1. The van der Waals surface area contributed by atoms with Crippen molar-refractivity contribution in [2.75, 3.05) is 49.2 Å². The van der Waals surface area contributed by atoms with Gasteiger partial charge in [-0.25, -0.2) is 22.6 Å². The van der Waals surface area contributed by atoms with Crippen molar-refractivity contribution >= 4 is 48.7 Å². The molecule has 2 aromatic carbocycles. The summed E-state index contributed by atoms with van der Waals surface area (Å²) in [5, 5.41) is 10.5. The van der Waals surface area contributed by atoms with Crippen LogP contribution in [0, 0.1) is 5.82 Å². The molecule has 3 aromatic rings. The number of rotatable bonds is 8. The molecule has 0 spiro atoms. The van der Waals surface area contributed by atoms with E-state index >= 15 is 0 Å². The zero-order valence-corrected chi connectivity index (χ0v) is 22.2. The minimum Gasteiger partial charge on any atom is -0.495 e. The number of piperazine rings is 1. The lowest BCUT2D eigenvalue weighted by atomic mass is 10.2. The van der Waals surface area contributed by atoms with Gasteiger partial charge in [-0.3, -0.25) is 4.72 Å². The van der Waals surface area contributed by atoms with Gasteiger partial charge in [0.05, 0.1) is 24.6 Å². The van der Waals surface area contributed by atoms with Gasteiger partial charge in [0.2, 0.25) is 10.0 Å². The molecular formula is C22H23FN4O7S3. The number of carbonyl (C=O) groups is 1. The third kappa shape index (κ3) is 5.84. The first-order valence-electron chi connectivity index (χ1n) is 10.8. The summed E-state index contributed by atoms with van der Waals surface area (Å²) >= 11 is 1.10. The summed E-state index contributed by atoms with van der Waals surface area (Å²) < 4.78 is 72.0. The van der Waals surface area contributed by atoms with Gasteiger partial charge < -0.3 is 14.7 Å². The molecule has 198 valence electrons. The van der Waals surface area contributed by atoms with Crippen LogP contribution in [0.2, 0.25) is 0 Å². The van der Waals surface area contributed by atoms with Crippen molar-refractivity contribution in [3.63, 3.8) is 0 Å². The van der Waals surface area contributed by atoms with Crippen LogP contribution in [0.5, 0.6) is 5.75 Å². The fraction of sp³-hybridized carbons (Fsp3) is 0.273. The average Bonchev–Trinajstić information content (AvgIpc) is 3.35. The van der Waals surface area contributed by atoms with Crippen LogP contribution < -0.4 is 14.4 Å².